The Morgan fingerprint density at radius 2 is 1.67 bits per heavy atom. The standard InChI is InChI=1S/C13H23NO4/c15-11(13(17)18)8-9-14-12(16)10-6-4-2-1-3-5-7-10/h10-11,15H,1-9H2,(H,14,16)(H,17,18)/t11-/m0/s1. The molecule has 0 bridgehead atoms. The van der Waals surface area contributed by atoms with Crippen LogP contribution < -0.4 is 5.32 Å². The summed E-state index contributed by atoms with van der Waals surface area (Å²) in [6.07, 6.45) is 6.37. The van der Waals surface area contributed by atoms with Gasteiger partial charge in [-0.1, -0.05) is 32.1 Å². The number of hydrogen-bond donors (Lipinski definition) is 3. The van der Waals surface area contributed by atoms with E-state index in [-0.39, 0.29) is 24.8 Å². The van der Waals surface area contributed by atoms with E-state index in [0.29, 0.717) is 0 Å². The summed E-state index contributed by atoms with van der Waals surface area (Å²) in [6, 6.07) is 0. The van der Waals surface area contributed by atoms with Gasteiger partial charge >= 0.3 is 5.97 Å². The van der Waals surface area contributed by atoms with Crippen LogP contribution in [-0.2, 0) is 9.59 Å². The summed E-state index contributed by atoms with van der Waals surface area (Å²) in [4.78, 5) is 22.3. The lowest BCUT2D eigenvalue weighted by Crippen LogP contribution is -2.34. The van der Waals surface area contributed by atoms with Gasteiger partial charge in [0.2, 0.25) is 5.91 Å². The van der Waals surface area contributed by atoms with Crippen molar-refractivity contribution in [1.29, 1.82) is 0 Å². The number of carbonyl (C=O) groups is 2. The SMILES string of the molecule is O=C(NCC[C@H](O)C(=O)O)C1CCCCCCC1. The van der Waals surface area contributed by atoms with Gasteiger partial charge < -0.3 is 15.5 Å². The van der Waals surface area contributed by atoms with Crippen LogP contribution in [0, 0.1) is 5.92 Å². The van der Waals surface area contributed by atoms with Crippen molar-refractivity contribution < 1.29 is 19.8 Å². The van der Waals surface area contributed by atoms with Gasteiger partial charge in [0.05, 0.1) is 0 Å². The topological polar surface area (TPSA) is 86.6 Å². The van der Waals surface area contributed by atoms with E-state index in [9.17, 15) is 9.59 Å². The van der Waals surface area contributed by atoms with Crippen LogP contribution in [0.1, 0.15) is 51.4 Å². The van der Waals surface area contributed by atoms with Crippen molar-refractivity contribution in [3.63, 3.8) is 0 Å². The average Bonchev–Trinajstić information content (AvgIpc) is 2.27. The van der Waals surface area contributed by atoms with Gasteiger partial charge in [0.15, 0.2) is 6.10 Å². The molecule has 0 aromatic rings. The maximum atomic E-state index is 11.9. The van der Waals surface area contributed by atoms with Crippen LogP contribution >= 0.6 is 0 Å². The Bertz CT molecular complexity index is 272. The molecule has 18 heavy (non-hydrogen) atoms. The predicted octanol–water partition coefficient (Wildman–Crippen LogP) is 1.30. The summed E-state index contributed by atoms with van der Waals surface area (Å²) >= 11 is 0. The number of carbonyl (C=O) groups excluding carboxylic acids is 1. The quantitative estimate of drug-likeness (QED) is 0.693. The van der Waals surface area contributed by atoms with Gasteiger partial charge in [0, 0.05) is 18.9 Å². The molecule has 0 radical (unpaired) electrons. The second-order valence-corrected chi connectivity index (χ2v) is 4.98. The Hall–Kier alpha value is -1.10. The van der Waals surface area contributed by atoms with E-state index < -0.39 is 12.1 Å². The first-order valence-electron chi connectivity index (χ1n) is 6.80. The number of nitrogens with one attached hydrogen (secondary N) is 1. The molecule has 1 atom stereocenters. The summed E-state index contributed by atoms with van der Waals surface area (Å²) in [6.45, 7) is 0.225. The van der Waals surface area contributed by atoms with E-state index in [1.54, 1.807) is 0 Å². The Kier molecular flexibility index (Phi) is 6.72. The first-order chi connectivity index (χ1) is 8.61. The Morgan fingerprint density at radius 1 is 1.11 bits per heavy atom. The van der Waals surface area contributed by atoms with Gasteiger partial charge in [0.1, 0.15) is 0 Å². The van der Waals surface area contributed by atoms with E-state index in [1.807, 2.05) is 0 Å². The van der Waals surface area contributed by atoms with Gasteiger partial charge in [-0.05, 0) is 12.8 Å². The van der Waals surface area contributed by atoms with E-state index in [4.69, 9.17) is 10.2 Å². The van der Waals surface area contributed by atoms with E-state index in [1.165, 1.54) is 19.3 Å². The highest BCUT2D eigenvalue weighted by molar-refractivity contribution is 5.78. The zero-order valence-corrected chi connectivity index (χ0v) is 10.7. The first kappa shape index (κ1) is 15.0. The summed E-state index contributed by atoms with van der Waals surface area (Å²) in [5.41, 5.74) is 0. The van der Waals surface area contributed by atoms with Gasteiger partial charge in [-0.25, -0.2) is 4.79 Å². The van der Waals surface area contributed by atoms with Crippen molar-refractivity contribution in [2.75, 3.05) is 6.54 Å². The second kappa shape index (κ2) is 8.08. The average molecular weight is 257 g/mol. The smallest absolute Gasteiger partial charge is 0.332 e. The van der Waals surface area contributed by atoms with Crippen molar-refractivity contribution in [2.45, 2.75) is 57.5 Å². The van der Waals surface area contributed by atoms with Gasteiger partial charge in [-0.3, -0.25) is 4.79 Å². The van der Waals surface area contributed by atoms with E-state index in [0.717, 1.165) is 25.7 Å². The van der Waals surface area contributed by atoms with Crippen LogP contribution in [0.15, 0.2) is 0 Å². The molecular formula is C13H23NO4. The maximum absolute atomic E-state index is 11.9. The Labute approximate surface area is 108 Å². The number of carboxylic acids is 1. The lowest BCUT2D eigenvalue weighted by atomic mass is 9.90. The number of amides is 1. The summed E-state index contributed by atoms with van der Waals surface area (Å²) < 4.78 is 0. The first-order valence-corrected chi connectivity index (χ1v) is 6.80. The number of aliphatic carboxylic acids is 1. The minimum absolute atomic E-state index is 0.00879. The molecule has 0 spiro atoms. The van der Waals surface area contributed by atoms with Crippen LogP contribution in [0.4, 0.5) is 0 Å². The van der Waals surface area contributed by atoms with E-state index in [2.05, 4.69) is 5.32 Å². The highest BCUT2D eigenvalue weighted by Crippen LogP contribution is 2.22. The fraction of sp³-hybridized carbons (Fsp3) is 0.846. The van der Waals surface area contributed by atoms with Crippen LogP contribution in [0.3, 0.4) is 0 Å². The molecule has 0 heterocycles. The molecule has 0 aliphatic heterocycles. The summed E-state index contributed by atoms with van der Waals surface area (Å²) in [5.74, 6) is -1.17. The third-order valence-electron chi connectivity index (χ3n) is 3.48. The zero-order chi connectivity index (χ0) is 13.4. The van der Waals surface area contributed by atoms with Crippen molar-refractivity contribution in [3.8, 4) is 0 Å². The molecule has 1 fully saturated rings. The summed E-state index contributed by atoms with van der Waals surface area (Å²) in [5, 5.41) is 20.3. The Balaban J connectivity index is 2.23. The molecule has 104 valence electrons. The van der Waals surface area contributed by atoms with Crippen molar-refractivity contribution in [2.24, 2.45) is 5.92 Å². The molecule has 5 heteroatoms. The molecule has 0 aromatic carbocycles. The highest BCUT2D eigenvalue weighted by atomic mass is 16.4. The number of hydrogen-bond acceptors (Lipinski definition) is 3. The molecule has 1 saturated carbocycles. The van der Waals surface area contributed by atoms with Crippen LogP contribution in [0.5, 0.6) is 0 Å². The molecule has 1 aliphatic carbocycles. The Morgan fingerprint density at radius 3 is 2.22 bits per heavy atom. The molecule has 1 amide bonds. The summed E-state index contributed by atoms with van der Waals surface area (Å²) in [7, 11) is 0. The molecule has 0 aromatic heterocycles. The van der Waals surface area contributed by atoms with Crippen LogP contribution in [-0.4, -0.2) is 34.7 Å². The molecular weight excluding hydrogens is 234 g/mol. The van der Waals surface area contributed by atoms with Crippen molar-refractivity contribution in [3.05, 3.63) is 0 Å². The number of carboxylic acid groups (broad SMARTS) is 1. The molecule has 5 nitrogen and oxygen atoms in total. The fourth-order valence-corrected chi connectivity index (χ4v) is 2.32. The van der Waals surface area contributed by atoms with Crippen molar-refractivity contribution in [1.82, 2.24) is 5.32 Å². The fourth-order valence-electron chi connectivity index (χ4n) is 2.32. The predicted molar refractivity (Wildman–Crippen MR) is 67.1 cm³/mol. The largest absolute Gasteiger partial charge is 0.479 e. The van der Waals surface area contributed by atoms with Crippen molar-refractivity contribution >= 4 is 11.9 Å². The lowest BCUT2D eigenvalue weighted by molar-refractivity contribution is -0.147. The third kappa shape index (κ3) is 5.49. The molecule has 0 saturated heterocycles. The minimum Gasteiger partial charge on any atom is -0.479 e. The van der Waals surface area contributed by atoms with Crippen LogP contribution in [0.2, 0.25) is 0 Å². The second-order valence-electron chi connectivity index (χ2n) is 4.98. The minimum atomic E-state index is -1.39. The zero-order valence-electron chi connectivity index (χ0n) is 10.7. The number of aliphatic hydroxyl groups is 1. The van der Waals surface area contributed by atoms with Gasteiger partial charge in [-0.2, -0.15) is 0 Å². The third-order valence-corrected chi connectivity index (χ3v) is 3.48. The highest BCUT2D eigenvalue weighted by Gasteiger charge is 2.19. The molecule has 1 rings (SSSR count). The molecule has 3 N–H and O–H groups in total. The lowest BCUT2D eigenvalue weighted by Gasteiger charge is -2.19. The van der Waals surface area contributed by atoms with Gasteiger partial charge in [0.25, 0.3) is 0 Å². The maximum Gasteiger partial charge on any atom is 0.332 e. The van der Waals surface area contributed by atoms with Crippen LogP contribution in [0.25, 0.3) is 0 Å². The van der Waals surface area contributed by atoms with E-state index >= 15 is 0 Å². The molecule has 0 unspecified atom stereocenters. The normalized spacial score (nSPS) is 19.6. The number of aliphatic hydroxyl groups excluding tert-OH is 1. The molecule has 1 aliphatic rings. The number of rotatable bonds is 5. The van der Waals surface area contributed by atoms with Gasteiger partial charge in [-0.15, -0.1) is 0 Å². The monoisotopic (exact) mass is 257 g/mol.